The van der Waals surface area contributed by atoms with Crippen molar-refractivity contribution in [2.45, 2.75) is 83.8 Å². The molecule has 4 amide bonds. The minimum Gasteiger partial charge on any atom is -0.453 e. The van der Waals surface area contributed by atoms with E-state index in [-0.39, 0.29) is 29.7 Å². The van der Waals surface area contributed by atoms with Gasteiger partial charge in [-0.05, 0) is 83.7 Å². The van der Waals surface area contributed by atoms with Gasteiger partial charge in [0.05, 0.1) is 38.2 Å². The van der Waals surface area contributed by atoms with Crippen LogP contribution >= 0.6 is 0 Å². The van der Waals surface area contributed by atoms with Crippen LogP contribution in [0.25, 0.3) is 33.2 Å². The largest absolute Gasteiger partial charge is 0.453 e. The van der Waals surface area contributed by atoms with Crippen molar-refractivity contribution >= 4 is 40.5 Å². The number of carbonyl (C=O) groups excluding carboxylic acids is 4. The Morgan fingerprint density at radius 3 is 1.89 bits per heavy atom. The first-order chi connectivity index (χ1) is 26.9. The third kappa shape index (κ3) is 8.75. The van der Waals surface area contributed by atoms with Crippen LogP contribution in [0.5, 0.6) is 0 Å². The lowest BCUT2D eigenvalue weighted by molar-refractivity contribution is -0.137. The number of likely N-dealkylation sites (tertiary alicyclic amines) is 2. The number of carbonyl (C=O) groups is 4. The summed E-state index contributed by atoms with van der Waals surface area (Å²) < 4.78 is 9.47. The number of amides is 4. The monoisotopic (exact) mass is 767 g/mol. The second kappa shape index (κ2) is 17.4. The van der Waals surface area contributed by atoms with E-state index < -0.39 is 36.5 Å². The lowest BCUT2D eigenvalue weighted by Crippen LogP contribution is -2.55. The highest BCUT2D eigenvalue weighted by molar-refractivity contribution is 5.91. The van der Waals surface area contributed by atoms with Gasteiger partial charge in [-0.3, -0.25) is 9.59 Å². The number of hydrogen-bond donors (Lipinski definition) is 5. The molecule has 0 radical (unpaired) electrons. The van der Waals surface area contributed by atoms with Gasteiger partial charge in [0.25, 0.3) is 0 Å². The fourth-order valence-corrected chi connectivity index (χ4v) is 7.74. The van der Waals surface area contributed by atoms with Crippen LogP contribution in [-0.2, 0) is 19.1 Å². The van der Waals surface area contributed by atoms with E-state index in [2.05, 4.69) is 62.3 Å². The van der Waals surface area contributed by atoms with Crippen molar-refractivity contribution < 1.29 is 33.8 Å². The number of aliphatic hydroxyl groups excluding tert-OH is 1. The molecule has 5 atom stereocenters. The van der Waals surface area contributed by atoms with Gasteiger partial charge in [0.2, 0.25) is 11.8 Å². The number of anilines is 1. The normalized spacial score (nSPS) is 18.5. The van der Waals surface area contributed by atoms with E-state index in [0.29, 0.717) is 25.3 Å². The maximum Gasteiger partial charge on any atom is 0.407 e. The topological polar surface area (TPSA) is 178 Å². The van der Waals surface area contributed by atoms with Crippen LogP contribution in [0.1, 0.15) is 65.2 Å². The number of aliphatic hydroxyl groups is 1. The van der Waals surface area contributed by atoms with E-state index >= 15 is 0 Å². The zero-order valence-electron chi connectivity index (χ0n) is 32.9. The van der Waals surface area contributed by atoms with Gasteiger partial charge in [-0.25, -0.2) is 14.6 Å². The number of nitrogens with one attached hydrogen (secondary N) is 4. The van der Waals surface area contributed by atoms with Gasteiger partial charge in [-0.2, -0.15) is 0 Å². The summed E-state index contributed by atoms with van der Waals surface area (Å²) in [6, 6.07) is 18.3. The van der Waals surface area contributed by atoms with Crippen molar-refractivity contribution in [3.8, 4) is 22.4 Å². The second-order valence-corrected chi connectivity index (χ2v) is 15.3. The molecule has 3 aromatic carbocycles. The molecule has 0 saturated carbocycles. The Morgan fingerprint density at radius 1 is 0.750 bits per heavy atom. The van der Waals surface area contributed by atoms with Crippen LogP contribution in [-0.4, -0.2) is 101 Å². The molecule has 5 unspecified atom stereocenters. The molecule has 0 spiro atoms. The molecule has 2 aliphatic rings. The Balaban J connectivity index is 1.10. The van der Waals surface area contributed by atoms with E-state index in [4.69, 9.17) is 9.47 Å². The third-order valence-electron chi connectivity index (χ3n) is 10.9. The van der Waals surface area contributed by atoms with Gasteiger partial charge in [-0.1, -0.05) is 64.1 Å². The number of methoxy groups -OCH3 is 2. The number of alkyl carbamates (subject to hydrolysis) is 2. The smallest absolute Gasteiger partial charge is 0.407 e. The fourth-order valence-electron chi connectivity index (χ4n) is 7.74. The van der Waals surface area contributed by atoms with E-state index in [1.807, 2.05) is 52.0 Å². The number of hydrogen-bond acceptors (Lipinski definition) is 9. The number of ether oxygens (including phenoxy) is 2. The molecule has 6 rings (SSSR count). The predicted molar refractivity (Wildman–Crippen MR) is 213 cm³/mol. The zero-order valence-corrected chi connectivity index (χ0v) is 32.9. The minimum atomic E-state index is -0.994. The molecule has 56 heavy (non-hydrogen) atoms. The average Bonchev–Trinajstić information content (AvgIpc) is 4.00. The standard InChI is InChI=1S/C42H53N7O7/c1-24(2)35(46-41(53)55-5)39(51)48-19-7-9-33(48)37-43-23-32(45-37)30-14-13-28-21-27(11-12-29(28)22-30)26-15-17-31(18-16-26)44-38(50)34-10-8-20-49(34)40(52)36(25(3)4)47-42(54)56-6/h11-18,21-25,33-36,38,44,50H,7-10,19-20H2,1-6H3,(H,43,45)(H,46,53)(H,47,54). The first-order valence-electron chi connectivity index (χ1n) is 19.3. The summed E-state index contributed by atoms with van der Waals surface area (Å²) in [5.41, 5.74) is 4.60. The van der Waals surface area contributed by atoms with Crippen LogP contribution < -0.4 is 16.0 Å². The summed E-state index contributed by atoms with van der Waals surface area (Å²) in [7, 11) is 2.55. The lowest BCUT2D eigenvalue weighted by atomic mass is 9.99. The lowest BCUT2D eigenvalue weighted by Gasteiger charge is -2.33. The Kier molecular flexibility index (Phi) is 12.5. The number of nitrogens with zero attached hydrogens (tertiary/aromatic N) is 3. The zero-order chi connectivity index (χ0) is 40.1. The number of rotatable bonds is 12. The number of aromatic amines is 1. The van der Waals surface area contributed by atoms with E-state index in [9.17, 15) is 24.3 Å². The molecule has 298 valence electrons. The number of H-pyrrole nitrogens is 1. The molecule has 0 aliphatic carbocycles. The predicted octanol–water partition coefficient (Wildman–Crippen LogP) is 6.04. The quantitative estimate of drug-likeness (QED) is 0.108. The van der Waals surface area contributed by atoms with Crippen molar-refractivity contribution in [3.05, 3.63) is 72.7 Å². The minimum absolute atomic E-state index is 0.111. The van der Waals surface area contributed by atoms with Gasteiger partial charge < -0.3 is 45.3 Å². The summed E-state index contributed by atoms with van der Waals surface area (Å²) in [5.74, 6) is 0.0681. The average molecular weight is 768 g/mol. The highest BCUT2D eigenvalue weighted by Crippen LogP contribution is 2.34. The van der Waals surface area contributed by atoms with Gasteiger partial charge in [0.15, 0.2) is 0 Å². The number of benzene rings is 3. The molecule has 5 N–H and O–H groups in total. The first kappa shape index (κ1) is 40.0. The van der Waals surface area contributed by atoms with E-state index in [0.717, 1.165) is 58.1 Å². The van der Waals surface area contributed by atoms with Crippen molar-refractivity contribution in [1.29, 1.82) is 0 Å². The van der Waals surface area contributed by atoms with Gasteiger partial charge in [-0.15, -0.1) is 0 Å². The molecular weight excluding hydrogens is 715 g/mol. The van der Waals surface area contributed by atoms with Crippen LogP contribution in [0, 0.1) is 11.8 Å². The summed E-state index contributed by atoms with van der Waals surface area (Å²) >= 11 is 0. The molecule has 4 aromatic rings. The molecule has 14 heteroatoms. The molecule has 0 bridgehead atoms. The first-order valence-corrected chi connectivity index (χ1v) is 19.3. The van der Waals surface area contributed by atoms with Crippen LogP contribution in [0.3, 0.4) is 0 Å². The van der Waals surface area contributed by atoms with Crippen LogP contribution in [0.15, 0.2) is 66.9 Å². The van der Waals surface area contributed by atoms with E-state index in [1.54, 1.807) is 16.0 Å². The third-order valence-corrected chi connectivity index (χ3v) is 10.9. The number of imidazole rings is 1. The Morgan fingerprint density at radius 2 is 1.29 bits per heavy atom. The number of aromatic nitrogens is 2. The Bertz CT molecular complexity index is 2030. The highest BCUT2D eigenvalue weighted by Gasteiger charge is 2.39. The van der Waals surface area contributed by atoms with Crippen LogP contribution in [0.2, 0.25) is 0 Å². The summed E-state index contributed by atoms with van der Waals surface area (Å²) in [4.78, 5) is 62.4. The molecular formula is C42H53N7O7. The van der Waals surface area contributed by atoms with Gasteiger partial charge in [0.1, 0.15) is 24.1 Å². The van der Waals surface area contributed by atoms with Crippen molar-refractivity contribution in [1.82, 2.24) is 30.4 Å². The Labute approximate surface area is 327 Å². The summed E-state index contributed by atoms with van der Waals surface area (Å²) in [5, 5.41) is 21.8. The molecule has 1 aromatic heterocycles. The van der Waals surface area contributed by atoms with Gasteiger partial charge in [0, 0.05) is 24.3 Å². The molecule has 2 saturated heterocycles. The maximum atomic E-state index is 13.6. The second-order valence-electron chi connectivity index (χ2n) is 15.3. The Hall–Kier alpha value is -5.63. The van der Waals surface area contributed by atoms with Crippen molar-refractivity contribution in [3.63, 3.8) is 0 Å². The van der Waals surface area contributed by atoms with Crippen molar-refractivity contribution in [2.75, 3.05) is 32.6 Å². The molecule has 14 nitrogen and oxygen atoms in total. The summed E-state index contributed by atoms with van der Waals surface area (Å²) in [6.45, 7) is 8.60. The van der Waals surface area contributed by atoms with Gasteiger partial charge >= 0.3 is 12.2 Å². The molecule has 2 aliphatic heterocycles. The fraction of sp³-hybridized carbons (Fsp3) is 0.452. The highest BCUT2D eigenvalue weighted by atomic mass is 16.5. The van der Waals surface area contributed by atoms with E-state index in [1.165, 1.54) is 14.2 Å². The summed E-state index contributed by atoms with van der Waals surface area (Å²) in [6.07, 6.45) is 2.52. The molecule has 3 heterocycles. The SMILES string of the molecule is COC(=O)NC(C(=O)N1CCCC1c1ncc(-c2ccc3cc(-c4ccc(NC(O)C5CCCN5C(=O)C(NC(=O)OC)C(C)C)cc4)ccc3c2)[nH]1)C(C)C. The maximum absolute atomic E-state index is 13.6. The molecule has 2 fully saturated rings. The van der Waals surface area contributed by atoms with Crippen LogP contribution in [0.4, 0.5) is 15.3 Å². The van der Waals surface area contributed by atoms with Crippen molar-refractivity contribution in [2.24, 2.45) is 11.8 Å². The number of fused-ring (bicyclic) bond motifs is 1.